The Morgan fingerprint density at radius 1 is 1.31 bits per heavy atom. The number of nitrogens with zero attached hydrogens (tertiary/aromatic N) is 2. The molecule has 1 aromatic carbocycles. The molecule has 0 amide bonds. The van der Waals surface area contributed by atoms with Gasteiger partial charge in [-0.1, -0.05) is 17.7 Å². The normalized spacial score (nSPS) is 10.1. The zero-order chi connectivity index (χ0) is 11.5. The maximum absolute atomic E-state index is 12.1. The van der Waals surface area contributed by atoms with Gasteiger partial charge in [0.15, 0.2) is 0 Å². The van der Waals surface area contributed by atoms with Crippen LogP contribution in [0.1, 0.15) is 21.6 Å². The minimum atomic E-state index is -0.159. The van der Waals surface area contributed by atoms with Crippen molar-refractivity contribution in [1.29, 1.82) is 0 Å². The molecule has 2 rings (SSSR count). The van der Waals surface area contributed by atoms with Crippen molar-refractivity contribution in [2.45, 2.75) is 6.92 Å². The third-order valence-corrected chi connectivity index (χ3v) is 2.48. The molecule has 1 heterocycles. The van der Waals surface area contributed by atoms with E-state index in [1.807, 2.05) is 13.0 Å². The Labute approximate surface area is 98.1 Å². The summed E-state index contributed by atoms with van der Waals surface area (Å²) in [5, 5.41) is 0.540. The van der Waals surface area contributed by atoms with E-state index < -0.39 is 0 Å². The second kappa shape index (κ2) is 4.41. The minimum absolute atomic E-state index is 0.159. The van der Waals surface area contributed by atoms with Crippen LogP contribution in [0.25, 0.3) is 0 Å². The number of carbonyl (C=O) groups excluding carboxylic acids is 1. The van der Waals surface area contributed by atoms with Crippen molar-refractivity contribution in [3.8, 4) is 0 Å². The molecule has 0 saturated carbocycles. The van der Waals surface area contributed by atoms with Gasteiger partial charge in [0.05, 0.1) is 6.20 Å². The second-order valence-electron chi connectivity index (χ2n) is 3.38. The standard InChI is InChI=1S/C12H9ClN2O/c1-8-2-3-9(13)6-10(8)12(16)11-7-14-4-5-15-11/h2-7H,1H3. The van der Waals surface area contributed by atoms with Gasteiger partial charge in [-0.3, -0.25) is 9.78 Å². The van der Waals surface area contributed by atoms with Crippen LogP contribution in [-0.4, -0.2) is 15.8 Å². The van der Waals surface area contributed by atoms with E-state index in [-0.39, 0.29) is 5.78 Å². The molecule has 0 saturated heterocycles. The summed E-state index contributed by atoms with van der Waals surface area (Å²) < 4.78 is 0. The Bertz CT molecular complexity index is 526. The van der Waals surface area contributed by atoms with E-state index in [1.54, 1.807) is 12.1 Å². The van der Waals surface area contributed by atoms with Gasteiger partial charge in [-0.25, -0.2) is 4.98 Å². The lowest BCUT2D eigenvalue weighted by atomic mass is 10.0. The fourth-order valence-corrected chi connectivity index (χ4v) is 1.57. The highest BCUT2D eigenvalue weighted by molar-refractivity contribution is 6.31. The number of hydrogen-bond acceptors (Lipinski definition) is 3. The van der Waals surface area contributed by atoms with Crippen LogP contribution in [0.15, 0.2) is 36.8 Å². The highest BCUT2D eigenvalue weighted by Crippen LogP contribution is 2.17. The number of carbonyl (C=O) groups is 1. The van der Waals surface area contributed by atoms with Crippen LogP contribution in [0, 0.1) is 6.92 Å². The zero-order valence-corrected chi connectivity index (χ0v) is 9.40. The maximum Gasteiger partial charge on any atom is 0.213 e. The van der Waals surface area contributed by atoms with E-state index in [4.69, 9.17) is 11.6 Å². The van der Waals surface area contributed by atoms with E-state index in [9.17, 15) is 4.79 Å². The first-order valence-electron chi connectivity index (χ1n) is 4.75. The van der Waals surface area contributed by atoms with Crippen molar-refractivity contribution < 1.29 is 4.79 Å². The molecular formula is C12H9ClN2O. The first kappa shape index (κ1) is 10.8. The smallest absolute Gasteiger partial charge is 0.213 e. The van der Waals surface area contributed by atoms with Crippen molar-refractivity contribution in [3.05, 3.63) is 58.6 Å². The molecule has 1 aromatic heterocycles. The van der Waals surface area contributed by atoms with E-state index in [1.165, 1.54) is 18.6 Å². The quantitative estimate of drug-likeness (QED) is 0.748. The van der Waals surface area contributed by atoms with E-state index in [0.29, 0.717) is 16.3 Å². The van der Waals surface area contributed by atoms with Gasteiger partial charge < -0.3 is 0 Å². The predicted octanol–water partition coefficient (Wildman–Crippen LogP) is 2.67. The molecule has 0 aliphatic heterocycles. The number of hydrogen-bond donors (Lipinski definition) is 0. The average Bonchev–Trinajstić information content (AvgIpc) is 2.32. The SMILES string of the molecule is Cc1ccc(Cl)cc1C(=O)c1cnccn1. The highest BCUT2D eigenvalue weighted by Gasteiger charge is 2.13. The van der Waals surface area contributed by atoms with Gasteiger partial charge in [-0.2, -0.15) is 0 Å². The van der Waals surface area contributed by atoms with Crippen LogP contribution < -0.4 is 0 Å². The summed E-state index contributed by atoms with van der Waals surface area (Å²) in [6.07, 6.45) is 4.47. The highest BCUT2D eigenvalue weighted by atomic mass is 35.5. The Morgan fingerprint density at radius 3 is 2.81 bits per heavy atom. The van der Waals surface area contributed by atoms with Gasteiger partial charge in [0.25, 0.3) is 0 Å². The Hall–Kier alpha value is -1.74. The Kier molecular flexibility index (Phi) is 2.97. The van der Waals surface area contributed by atoms with E-state index in [0.717, 1.165) is 5.56 Å². The van der Waals surface area contributed by atoms with Gasteiger partial charge in [-0.05, 0) is 24.6 Å². The van der Waals surface area contributed by atoms with Crippen LogP contribution in [0.5, 0.6) is 0 Å². The van der Waals surface area contributed by atoms with Crippen LogP contribution in [0.2, 0.25) is 5.02 Å². The molecule has 0 atom stereocenters. The topological polar surface area (TPSA) is 42.9 Å². The van der Waals surface area contributed by atoms with Crippen molar-refractivity contribution in [1.82, 2.24) is 9.97 Å². The summed E-state index contributed by atoms with van der Waals surface area (Å²) in [6, 6.07) is 5.21. The third kappa shape index (κ3) is 2.09. The summed E-state index contributed by atoms with van der Waals surface area (Å²) >= 11 is 5.86. The largest absolute Gasteiger partial charge is 0.287 e. The van der Waals surface area contributed by atoms with Crippen LogP contribution in [0.4, 0.5) is 0 Å². The van der Waals surface area contributed by atoms with Gasteiger partial charge >= 0.3 is 0 Å². The van der Waals surface area contributed by atoms with Crippen LogP contribution in [-0.2, 0) is 0 Å². The van der Waals surface area contributed by atoms with Crippen molar-refractivity contribution in [3.63, 3.8) is 0 Å². The average molecular weight is 233 g/mol. The molecular weight excluding hydrogens is 224 g/mol. The molecule has 0 bridgehead atoms. The van der Waals surface area contributed by atoms with Gasteiger partial charge in [0, 0.05) is 23.0 Å². The number of halogens is 1. The lowest BCUT2D eigenvalue weighted by Crippen LogP contribution is -2.06. The van der Waals surface area contributed by atoms with Crippen LogP contribution >= 0.6 is 11.6 Å². The Morgan fingerprint density at radius 2 is 2.12 bits per heavy atom. The fraction of sp³-hybridized carbons (Fsp3) is 0.0833. The molecule has 0 aliphatic carbocycles. The number of aromatic nitrogens is 2. The van der Waals surface area contributed by atoms with E-state index >= 15 is 0 Å². The molecule has 2 aromatic rings. The number of ketones is 1. The molecule has 0 N–H and O–H groups in total. The van der Waals surface area contributed by atoms with Crippen molar-refractivity contribution in [2.75, 3.05) is 0 Å². The lowest BCUT2D eigenvalue weighted by Gasteiger charge is -2.04. The molecule has 0 spiro atoms. The fourth-order valence-electron chi connectivity index (χ4n) is 1.39. The first-order valence-corrected chi connectivity index (χ1v) is 5.13. The molecule has 0 radical (unpaired) electrons. The molecule has 0 fully saturated rings. The monoisotopic (exact) mass is 232 g/mol. The predicted molar refractivity (Wildman–Crippen MR) is 61.7 cm³/mol. The summed E-state index contributed by atoms with van der Waals surface area (Å²) in [4.78, 5) is 19.9. The van der Waals surface area contributed by atoms with E-state index in [2.05, 4.69) is 9.97 Å². The summed E-state index contributed by atoms with van der Waals surface area (Å²) in [5.74, 6) is -0.159. The molecule has 0 unspecified atom stereocenters. The minimum Gasteiger partial charge on any atom is -0.287 e. The lowest BCUT2D eigenvalue weighted by molar-refractivity contribution is 0.103. The van der Waals surface area contributed by atoms with Gasteiger partial charge in [-0.15, -0.1) is 0 Å². The van der Waals surface area contributed by atoms with Crippen molar-refractivity contribution >= 4 is 17.4 Å². The van der Waals surface area contributed by atoms with Crippen molar-refractivity contribution in [2.24, 2.45) is 0 Å². The number of aryl methyl sites for hydroxylation is 1. The first-order chi connectivity index (χ1) is 7.68. The second-order valence-corrected chi connectivity index (χ2v) is 3.82. The summed E-state index contributed by atoms with van der Waals surface area (Å²) in [6.45, 7) is 1.86. The molecule has 0 aliphatic rings. The number of rotatable bonds is 2. The maximum atomic E-state index is 12.1. The molecule has 80 valence electrons. The molecule has 4 heteroatoms. The molecule has 16 heavy (non-hydrogen) atoms. The molecule has 3 nitrogen and oxygen atoms in total. The third-order valence-electron chi connectivity index (χ3n) is 2.24. The number of benzene rings is 1. The summed E-state index contributed by atoms with van der Waals surface area (Å²) in [5.41, 5.74) is 1.76. The van der Waals surface area contributed by atoms with Gasteiger partial charge in [0.1, 0.15) is 5.69 Å². The van der Waals surface area contributed by atoms with Gasteiger partial charge in [0.2, 0.25) is 5.78 Å². The van der Waals surface area contributed by atoms with Crippen LogP contribution in [0.3, 0.4) is 0 Å². The Balaban J connectivity index is 2.46. The summed E-state index contributed by atoms with van der Waals surface area (Å²) in [7, 11) is 0. The zero-order valence-electron chi connectivity index (χ0n) is 8.64.